The van der Waals surface area contributed by atoms with Crippen molar-refractivity contribution in [3.63, 3.8) is 0 Å². The van der Waals surface area contributed by atoms with Gasteiger partial charge in [-0.05, 0) is 42.6 Å². The maximum atomic E-state index is 12.7. The van der Waals surface area contributed by atoms with Crippen LogP contribution in [0.2, 0.25) is 0 Å². The monoisotopic (exact) mass is 462 g/mol. The van der Waals surface area contributed by atoms with Crippen molar-refractivity contribution >= 4 is 11.6 Å². The van der Waals surface area contributed by atoms with Crippen molar-refractivity contribution < 1.29 is 9.53 Å². The fourth-order valence-electron chi connectivity index (χ4n) is 4.07. The lowest BCUT2D eigenvalue weighted by Crippen LogP contribution is -2.31. The number of methoxy groups -OCH3 is 1. The van der Waals surface area contributed by atoms with E-state index in [4.69, 9.17) is 4.74 Å². The quantitative estimate of drug-likeness (QED) is 0.471. The first kappa shape index (κ1) is 25.3. The predicted octanol–water partition coefficient (Wildman–Crippen LogP) is 3.92. The number of fused-ring (bicyclic) bond motifs is 1. The summed E-state index contributed by atoms with van der Waals surface area (Å²) in [5.41, 5.74) is 2.88. The molecule has 4 rings (SSSR count). The second kappa shape index (κ2) is 12.8. The molecule has 2 aromatic carbocycles. The van der Waals surface area contributed by atoms with Crippen molar-refractivity contribution in [1.82, 2.24) is 14.9 Å². The number of aromatic nitrogens is 2. The SMILES string of the molecule is CC.COC(CNCCc1ccc(NC(=O)C2CCc3nccc(=O)n32)cc1)c1ccccc1. The third kappa shape index (κ3) is 6.40. The summed E-state index contributed by atoms with van der Waals surface area (Å²) in [7, 11) is 1.73. The zero-order valence-corrected chi connectivity index (χ0v) is 20.2. The lowest BCUT2D eigenvalue weighted by Gasteiger charge is -2.16. The smallest absolute Gasteiger partial charge is 0.254 e. The first-order valence-corrected chi connectivity index (χ1v) is 11.9. The van der Waals surface area contributed by atoms with E-state index in [0.29, 0.717) is 18.7 Å². The second-order valence-corrected chi connectivity index (χ2v) is 7.90. The molecule has 3 aromatic rings. The highest BCUT2D eigenvalue weighted by Gasteiger charge is 2.29. The lowest BCUT2D eigenvalue weighted by atomic mass is 10.1. The van der Waals surface area contributed by atoms with E-state index >= 15 is 0 Å². The van der Waals surface area contributed by atoms with E-state index in [1.807, 2.05) is 56.3 Å². The number of hydrogen-bond acceptors (Lipinski definition) is 5. The van der Waals surface area contributed by atoms with Gasteiger partial charge in [0.2, 0.25) is 5.91 Å². The third-order valence-corrected chi connectivity index (χ3v) is 5.81. The molecule has 0 aliphatic carbocycles. The molecule has 0 saturated heterocycles. The summed E-state index contributed by atoms with van der Waals surface area (Å²) in [6, 6.07) is 18.9. The highest BCUT2D eigenvalue weighted by molar-refractivity contribution is 5.94. The number of amides is 1. The Bertz CT molecular complexity index is 1100. The van der Waals surface area contributed by atoms with Crippen LogP contribution in [0.3, 0.4) is 0 Å². The minimum atomic E-state index is -0.506. The fourth-order valence-corrected chi connectivity index (χ4v) is 4.07. The Kier molecular flexibility index (Phi) is 9.55. The molecule has 1 aliphatic heterocycles. The highest BCUT2D eigenvalue weighted by atomic mass is 16.5. The van der Waals surface area contributed by atoms with Crippen LogP contribution in [0.1, 0.15) is 49.4 Å². The molecule has 0 saturated carbocycles. The van der Waals surface area contributed by atoms with Crippen molar-refractivity contribution in [1.29, 1.82) is 0 Å². The van der Waals surface area contributed by atoms with Crippen LogP contribution in [-0.4, -0.2) is 35.7 Å². The number of ether oxygens (including phenoxy) is 1. The fraction of sp³-hybridized carbons (Fsp3) is 0.370. The Balaban J connectivity index is 0.00000158. The van der Waals surface area contributed by atoms with Crippen molar-refractivity contribution in [3.05, 3.63) is 94.2 Å². The van der Waals surface area contributed by atoms with Gasteiger partial charge in [-0.3, -0.25) is 14.2 Å². The number of anilines is 1. The average molecular weight is 463 g/mol. The summed E-state index contributed by atoms with van der Waals surface area (Å²) in [5.74, 6) is 0.489. The molecule has 34 heavy (non-hydrogen) atoms. The largest absolute Gasteiger partial charge is 0.375 e. The molecule has 1 aromatic heterocycles. The van der Waals surface area contributed by atoms with E-state index in [1.165, 1.54) is 22.4 Å². The van der Waals surface area contributed by atoms with Crippen LogP contribution in [0.25, 0.3) is 0 Å². The standard InChI is InChI=1S/C25H28N4O3.C2H6/c1-32-22(19-5-3-2-4-6-19)17-26-15-13-18-7-9-20(10-8-18)28-25(31)21-11-12-23-27-16-14-24(30)29(21)23;1-2/h2-10,14,16,21-22,26H,11-13,15,17H2,1H3,(H,28,31);1-2H3. The summed E-state index contributed by atoms with van der Waals surface area (Å²) >= 11 is 0. The van der Waals surface area contributed by atoms with Gasteiger partial charge in [0, 0.05) is 38.0 Å². The molecule has 2 unspecified atom stereocenters. The van der Waals surface area contributed by atoms with Crippen LogP contribution in [0.5, 0.6) is 0 Å². The van der Waals surface area contributed by atoms with Crippen molar-refractivity contribution in [3.8, 4) is 0 Å². The Hall–Kier alpha value is -3.29. The maximum absolute atomic E-state index is 12.7. The first-order chi connectivity index (χ1) is 16.7. The van der Waals surface area contributed by atoms with Gasteiger partial charge >= 0.3 is 0 Å². The summed E-state index contributed by atoms with van der Waals surface area (Å²) in [5, 5.41) is 6.38. The minimum Gasteiger partial charge on any atom is -0.375 e. The van der Waals surface area contributed by atoms with Gasteiger partial charge in [-0.15, -0.1) is 0 Å². The molecular weight excluding hydrogens is 428 g/mol. The number of benzene rings is 2. The van der Waals surface area contributed by atoms with E-state index in [9.17, 15) is 9.59 Å². The van der Waals surface area contributed by atoms with E-state index < -0.39 is 6.04 Å². The minimum absolute atomic E-state index is 0.0252. The number of nitrogens with zero attached hydrogens (tertiary/aromatic N) is 2. The molecule has 1 amide bonds. The summed E-state index contributed by atoms with van der Waals surface area (Å²) in [6.45, 7) is 5.57. The van der Waals surface area contributed by atoms with E-state index in [2.05, 4.69) is 27.8 Å². The molecule has 2 N–H and O–H groups in total. The van der Waals surface area contributed by atoms with Crippen LogP contribution in [-0.2, 0) is 22.4 Å². The molecule has 7 nitrogen and oxygen atoms in total. The van der Waals surface area contributed by atoms with Crippen molar-refractivity contribution in [2.45, 2.75) is 45.3 Å². The van der Waals surface area contributed by atoms with Crippen LogP contribution in [0, 0.1) is 0 Å². The number of hydrogen-bond donors (Lipinski definition) is 2. The van der Waals surface area contributed by atoms with E-state index in [-0.39, 0.29) is 17.6 Å². The van der Waals surface area contributed by atoms with Gasteiger partial charge in [-0.1, -0.05) is 56.3 Å². The Labute approximate surface area is 201 Å². The van der Waals surface area contributed by atoms with Gasteiger partial charge in [0.05, 0.1) is 6.10 Å². The van der Waals surface area contributed by atoms with Gasteiger partial charge in [-0.2, -0.15) is 0 Å². The molecular formula is C27H34N4O3. The molecule has 2 heterocycles. The zero-order valence-electron chi connectivity index (χ0n) is 20.2. The molecule has 0 fully saturated rings. The zero-order chi connectivity index (χ0) is 24.3. The van der Waals surface area contributed by atoms with Crippen molar-refractivity contribution in [2.75, 3.05) is 25.5 Å². The van der Waals surface area contributed by atoms with Crippen LogP contribution in [0.15, 0.2) is 71.7 Å². The summed E-state index contributed by atoms with van der Waals surface area (Å²) in [6.07, 6.45) is 3.62. The van der Waals surface area contributed by atoms with Gasteiger partial charge in [-0.25, -0.2) is 4.98 Å². The van der Waals surface area contributed by atoms with Crippen LogP contribution in [0.4, 0.5) is 5.69 Å². The lowest BCUT2D eigenvalue weighted by molar-refractivity contribution is -0.119. The Morgan fingerprint density at radius 2 is 1.85 bits per heavy atom. The topological polar surface area (TPSA) is 85.2 Å². The molecule has 0 radical (unpaired) electrons. The average Bonchev–Trinajstić information content (AvgIpc) is 3.33. The van der Waals surface area contributed by atoms with Gasteiger partial charge < -0.3 is 15.4 Å². The predicted molar refractivity (Wildman–Crippen MR) is 135 cm³/mol. The van der Waals surface area contributed by atoms with E-state index in [0.717, 1.165) is 30.8 Å². The van der Waals surface area contributed by atoms with Gasteiger partial charge in [0.1, 0.15) is 11.9 Å². The number of rotatable bonds is 9. The summed E-state index contributed by atoms with van der Waals surface area (Å²) in [4.78, 5) is 29.0. The first-order valence-electron chi connectivity index (χ1n) is 11.9. The maximum Gasteiger partial charge on any atom is 0.254 e. The molecule has 7 heteroatoms. The second-order valence-electron chi connectivity index (χ2n) is 7.90. The number of carbonyl (C=O) groups is 1. The number of carbonyl (C=O) groups excluding carboxylic acids is 1. The van der Waals surface area contributed by atoms with Crippen molar-refractivity contribution in [2.24, 2.45) is 0 Å². The normalized spacial score (nSPS) is 15.1. The van der Waals surface area contributed by atoms with Crippen LogP contribution < -0.4 is 16.2 Å². The number of aryl methyl sites for hydroxylation is 1. The molecule has 0 spiro atoms. The molecule has 1 aliphatic rings. The Morgan fingerprint density at radius 3 is 2.56 bits per heavy atom. The molecule has 2 atom stereocenters. The summed E-state index contributed by atoms with van der Waals surface area (Å²) < 4.78 is 7.08. The van der Waals surface area contributed by atoms with Gasteiger partial charge in [0.25, 0.3) is 5.56 Å². The number of nitrogens with one attached hydrogen (secondary N) is 2. The van der Waals surface area contributed by atoms with Crippen LogP contribution >= 0.6 is 0 Å². The highest BCUT2D eigenvalue weighted by Crippen LogP contribution is 2.23. The Morgan fingerprint density at radius 1 is 1.12 bits per heavy atom. The van der Waals surface area contributed by atoms with E-state index in [1.54, 1.807) is 7.11 Å². The third-order valence-electron chi connectivity index (χ3n) is 5.81. The molecule has 180 valence electrons. The van der Waals surface area contributed by atoms with Gasteiger partial charge in [0.15, 0.2) is 0 Å². The molecule has 0 bridgehead atoms.